The number of aryl methyl sites for hydroxylation is 1. The molecule has 1 aliphatic rings. The van der Waals surface area contributed by atoms with Gasteiger partial charge in [0.05, 0.1) is 15.8 Å². The molecular weight excluding hydrogens is 425 g/mol. The fraction of sp³-hybridized carbons (Fsp3) is 0.409. The maximum atomic E-state index is 13.9. The summed E-state index contributed by atoms with van der Waals surface area (Å²) in [4.78, 5) is 2.06. The maximum absolute atomic E-state index is 13.9. The lowest BCUT2D eigenvalue weighted by Crippen LogP contribution is -2.40. The molecule has 0 unspecified atom stereocenters. The molecule has 0 aliphatic carbocycles. The highest BCUT2D eigenvalue weighted by molar-refractivity contribution is 7.89. The molecule has 2 aromatic carbocycles. The highest BCUT2D eigenvalue weighted by atomic mass is 35.5. The minimum atomic E-state index is -3.35. The van der Waals surface area contributed by atoms with Crippen molar-refractivity contribution in [3.63, 3.8) is 0 Å². The summed E-state index contributed by atoms with van der Waals surface area (Å²) in [5.74, 6) is -0.316. The third-order valence-electron chi connectivity index (χ3n) is 5.58. The van der Waals surface area contributed by atoms with E-state index in [0.29, 0.717) is 36.6 Å². The molecule has 1 fully saturated rings. The predicted octanol–water partition coefficient (Wildman–Crippen LogP) is 4.48. The number of nitrogens with zero attached hydrogens (tertiary/aromatic N) is 3. The first-order valence-electron chi connectivity index (χ1n) is 9.83. The maximum Gasteiger partial charge on any atom is 0.216 e. The van der Waals surface area contributed by atoms with Crippen molar-refractivity contribution in [2.75, 3.05) is 18.0 Å². The molecule has 2 aromatic rings. The molecule has 0 saturated carbocycles. The van der Waals surface area contributed by atoms with E-state index in [-0.39, 0.29) is 11.9 Å². The van der Waals surface area contributed by atoms with E-state index in [1.807, 2.05) is 13.0 Å². The van der Waals surface area contributed by atoms with E-state index in [9.17, 15) is 18.1 Å². The Hall–Kier alpha value is -2.14. The second kappa shape index (κ2) is 8.93. The number of rotatable bonds is 6. The summed E-state index contributed by atoms with van der Waals surface area (Å²) in [6.45, 7) is 6.48. The van der Waals surface area contributed by atoms with Crippen LogP contribution in [-0.2, 0) is 16.6 Å². The monoisotopic (exact) mass is 449 g/mol. The van der Waals surface area contributed by atoms with E-state index >= 15 is 0 Å². The Morgan fingerprint density at radius 2 is 2.03 bits per heavy atom. The summed E-state index contributed by atoms with van der Waals surface area (Å²) in [6.07, 6.45) is 0.651. The predicted molar refractivity (Wildman–Crippen MR) is 118 cm³/mol. The quantitative estimate of drug-likeness (QED) is 0.652. The molecule has 30 heavy (non-hydrogen) atoms. The van der Waals surface area contributed by atoms with Crippen molar-refractivity contribution >= 4 is 27.3 Å². The van der Waals surface area contributed by atoms with Crippen molar-refractivity contribution in [2.45, 2.75) is 45.0 Å². The number of anilines is 1. The number of hydrogen-bond acceptors (Lipinski definition) is 4. The highest BCUT2D eigenvalue weighted by Crippen LogP contribution is 2.31. The van der Waals surface area contributed by atoms with E-state index in [4.69, 9.17) is 11.6 Å². The minimum Gasteiger partial charge on any atom is -0.363 e. The largest absolute Gasteiger partial charge is 0.363 e. The van der Waals surface area contributed by atoms with Crippen LogP contribution in [0.15, 0.2) is 36.4 Å². The lowest BCUT2D eigenvalue weighted by molar-refractivity contribution is 0.461. The van der Waals surface area contributed by atoms with Gasteiger partial charge in [0.1, 0.15) is 11.9 Å². The van der Waals surface area contributed by atoms with Gasteiger partial charge in [-0.25, -0.2) is 12.8 Å². The van der Waals surface area contributed by atoms with Gasteiger partial charge in [-0.2, -0.15) is 9.57 Å². The molecule has 0 radical (unpaired) electrons. The van der Waals surface area contributed by atoms with Crippen LogP contribution in [-0.4, -0.2) is 37.1 Å². The number of benzene rings is 2. The van der Waals surface area contributed by atoms with E-state index in [2.05, 4.69) is 4.90 Å². The molecule has 0 amide bonds. The molecule has 1 aliphatic heterocycles. The Morgan fingerprint density at radius 1 is 1.30 bits per heavy atom. The van der Waals surface area contributed by atoms with Gasteiger partial charge in [-0.1, -0.05) is 17.7 Å². The van der Waals surface area contributed by atoms with Gasteiger partial charge >= 0.3 is 0 Å². The Balaban J connectivity index is 1.97. The average Bonchev–Trinajstić information content (AvgIpc) is 3.19. The molecule has 0 aromatic heterocycles. The van der Waals surface area contributed by atoms with Gasteiger partial charge in [-0.05, 0) is 68.7 Å². The Labute approximate surface area is 182 Å². The van der Waals surface area contributed by atoms with Crippen LogP contribution in [0.1, 0.15) is 37.0 Å². The third kappa shape index (κ3) is 4.61. The SMILES string of the molecule is Cc1ccc(F)cc1CN(c1ccc(C#N)c(Cl)c1)[C@H]1CCN(S(=O)(=O)C(C)C)C1. The Morgan fingerprint density at radius 3 is 2.67 bits per heavy atom. The van der Waals surface area contributed by atoms with Crippen LogP contribution in [0.4, 0.5) is 10.1 Å². The number of sulfonamides is 1. The summed E-state index contributed by atoms with van der Waals surface area (Å²) in [7, 11) is -3.35. The molecule has 3 rings (SSSR count). The van der Waals surface area contributed by atoms with Crippen LogP contribution in [0.2, 0.25) is 5.02 Å². The lowest BCUT2D eigenvalue weighted by Gasteiger charge is -2.32. The van der Waals surface area contributed by atoms with Gasteiger partial charge in [0.15, 0.2) is 0 Å². The van der Waals surface area contributed by atoms with E-state index in [1.165, 1.54) is 16.4 Å². The van der Waals surface area contributed by atoms with E-state index < -0.39 is 15.3 Å². The highest BCUT2D eigenvalue weighted by Gasteiger charge is 2.36. The summed E-state index contributed by atoms with van der Waals surface area (Å²) < 4.78 is 40.7. The molecule has 1 atom stereocenters. The summed E-state index contributed by atoms with van der Waals surface area (Å²) in [5, 5.41) is 9.02. The fourth-order valence-electron chi connectivity index (χ4n) is 3.69. The zero-order chi connectivity index (χ0) is 22.1. The van der Waals surface area contributed by atoms with Gasteiger partial charge in [0.25, 0.3) is 0 Å². The molecule has 8 heteroatoms. The molecule has 0 bridgehead atoms. The van der Waals surface area contributed by atoms with Crippen LogP contribution < -0.4 is 4.90 Å². The molecule has 0 spiro atoms. The van der Waals surface area contributed by atoms with Crippen molar-refractivity contribution in [1.82, 2.24) is 4.31 Å². The van der Waals surface area contributed by atoms with E-state index in [1.54, 1.807) is 38.1 Å². The summed E-state index contributed by atoms with van der Waals surface area (Å²) in [6, 6.07) is 11.8. The van der Waals surface area contributed by atoms with Gasteiger partial charge in [-0.15, -0.1) is 0 Å². The van der Waals surface area contributed by atoms with Crippen molar-refractivity contribution in [1.29, 1.82) is 5.26 Å². The first-order valence-corrected chi connectivity index (χ1v) is 11.7. The van der Waals surface area contributed by atoms with Gasteiger partial charge in [-0.3, -0.25) is 0 Å². The summed E-state index contributed by atoms with van der Waals surface area (Å²) in [5.41, 5.74) is 2.92. The number of halogens is 2. The minimum absolute atomic E-state index is 0.0924. The molecular formula is C22H25ClFN3O2S. The zero-order valence-corrected chi connectivity index (χ0v) is 18.8. The smallest absolute Gasteiger partial charge is 0.216 e. The fourth-order valence-corrected chi connectivity index (χ4v) is 5.25. The molecule has 0 N–H and O–H groups in total. The van der Waals surface area contributed by atoms with Crippen molar-refractivity contribution in [3.05, 3.63) is 63.9 Å². The van der Waals surface area contributed by atoms with Crippen LogP contribution in [0.25, 0.3) is 0 Å². The van der Waals surface area contributed by atoms with E-state index in [0.717, 1.165) is 16.8 Å². The summed E-state index contributed by atoms with van der Waals surface area (Å²) >= 11 is 6.27. The number of hydrogen-bond donors (Lipinski definition) is 0. The number of nitriles is 1. The molecule has 1 saturated heterocycles. The lowest BCUT2D eigenvalue weighted by atomic mass is 10.1. The molecule has 5 nitrogen and oxygen atoms in total. The van der Waals surface area contributed by atoms with Crippen LogP contribution in [0.5, 0.6) is 0 Å². The topological polar surface area (TPSA) is 64.4 Å². The van der Waals surface area contributed by atoms with Crippen molar-refractivity contribution in [2.24, 2.45) is 0 Å². The molecule has 160 valence electrons. The van der Waals surface area contributed by atoms with Gasteiger partial charge in [0, 0.05) is 31.4 Å². The Kier molecular flexibility index (Phi) is 6.71. The third-order valence-corrected chi connectivity index (χ3v) is 8.13. The first kappa shape index (κ1) is 22.5. The normalized spacial score (nSPS) is 17.3. The molecule has 1 heterocycles. The average molecular weight is 450 g/mol. The van der Waals surface area contributed by atoms with Crippen molar-refractivity contribution in [3.8, 4) is 6.07 Å². The van der Waals surface area contributed by atoms with Crippen LogP contribution in [0.3, 0.4) is 0 Å². The van der Waals surface area contributed by atoms with Crippen LogP contribution in [0, 0.1) is 24.1 Å². The zero-order valence-electron chi connectivity index (χ0n) is 17.3. The van der Waals surface area contributed by atoms with Crippen LogP contribution >= 0.6 is 11.6 Å². The standard InChI is InChI=1S/C22H25ClFN3O2S/c1-15(2)30(28,29)26-9-8-21(14-26)27(13-18-10-19(24)6-4-16(18)3)20-7-5-17(12-25)22(23)11-20/h4-7,10-11,15,21H,8-9,13-14H2,1-3H3/t21-/m0/s1. The van der Waals surface area contributed by atoms with Crippen molar-refractivity contribution < 1.29 is 12.8 Å². The second-order valence-electron chi connectivity index (χ2n) is 7.87. The second-order valence-corrected chi connectivity index (χ2v) is 10.8. The Bertz CT molecular complexity index is 1080. The first-order chi connectivity index (χ1) is 14.1. The van der Waals surface area contributed by atoms with Gasteiger partial charge < -0.3 is 4.90 Å². The van der Waals surface area contributed by atoms with Gasteiger partial charge in [0.2, 0.25) is 10.0 Å².